The molecule has 1 aliphatic rings. The van der Waals surface area contributed by atoms with Crippen molar-refractivity contribution in [2.75, 3.05) is 11.6 Å². The number of hydrogen-bond acceptors (Lipinski definition) is 3. The van der Waals surface area contributed by atoms with Crippen molar-refractivity contribution in [1.29, 1.82) is 0 Å². The molecule has 2 rings (SSSR count). The van der Waals surface area contributed by atoms with E-state index in [4.69, 9.17) is 11.6 Å². The van der Waals surface area contributed by atoms with Gasteiger partial charge in [0.25, 0.3) is 0 Å². The van der Waals surface area contributed by atoms with Crippen LogP contribution in [0.2, 0.25) is 5.02 Å². The molecule has 2 nitrogen and oxygen atoms in total. The Balaban J connectivity index is 1.90. The monoisotopic (exact) mass is 242 g/mol. The molecule has 1 saturated carbocycles. The molecule has 0 saturated heterocycles. The van der Waals surface area contributed by atoms with Gasteiger partial charge in [-0.3, -0.25) is 0 Å². The Morgan fingerprint density at radius 2 is 2.33 bits per heavy atom. The Morgan fingerprint density at radius 3 is 2.93 bits per heavy atom. The predicted octanol–water partition coefficient (Wildman–Crippen LogP) is 3.43. The lowest BCUT2D eigenvalue weighted by atomic mass is 10.2. The molecule has 4 heteroatoms. The van der Waals surface area contributed by atoms with Gasteiger partial charge in [-0.25, -0.2) is 4.98 Å². The molecule has 2 unspecified atom stereocenters. The van der Waals surface area contributed by atoms with Gasteiger partial charge in [0.2, 0.25) is 0 Å². The molecular weight excluding hydrogens is 228 g/mol. The van der Waals surface area contributed by atoms with Crippen molar-refractivity contribution in [3.8, 4) is 0 Å². The zero-order valence-corrected chi connectivity index (χ0v) is 10.3. The van der Waals surface area contributed by atoms with Gasteiger partial charge in [-0.15, -0.1) is 0 Å². The maximum Gasteiger partial charge on any atom is 0.126 e. The fraction of sp³-hybridized carbons (Fsp3) is 0.545. The molecule has 82 valence electrons. The van der Waals surface area contributed by atoms with Crippen LogP contribution in [0.3, 0.4) is 0 Å². The summed E-state index contributed by atoms with van der Waals surface area (Å²) in [7, 11) is 0. The highest BCUT2D eigenvalue weighted by Crippen LogP contribution is 2.29. The molecule has 0 aliphatic heterocycles. The van der Waals surface area contributed by atoms with Gasteiger partial charge in [0.1, 0.15) is 5.82 Å². The summed E-state index contributed by atoms with van der Waals surface area (Å²) in [5.41, 5.74) is 0. The predicted molar refractivity (Wildman–Crippen MR) is 67.8 cm³/mol. The number of halogens is 1. The summed E-state index contributed by atoms with van der Waals surface area (Å²) in [6.07, 6.45) is 7.67. The highest BCUT2D eigenvalue weighted by molar-refractivity contribution is 7.99. The van der Waals surface area contributed by atoms with Crippen molar-refractivity contribution < 1.29 is 0 Å². The standard InChI is InChI=1S/C11H15ClN2S/c1-15-10-4-3-9(6-10)14-11-5-2-8(12)7-13-11/h2,5,7,9-10H,3-4,6H2,1H3,(H,13,14). The Hall–Kier alpha value is -0.410. The van der Waals surface area contributed by atoms with Crippen LogP contribution >= 0.6 is 23.4 Å². The van der Waals surface area contributed by atoms with Crippen LogP contribution in [0.15, 0.2) is 18.3 Å². The van der Waals surface area contributed by atoms with Crippen LogP contribution in [-0.2, 0) is 0 Å². The van der Waals surface area contributed by atoms with E-state index in [2.05, 4.69) is 16.6 Å². The molecule has 1 fully saturated rings. The van der Waals surface area contributed by atoms with Crippen LogP contribution in [0.25, 0.3) is 0 Å². The van der Waals surface area contributed by atoms with E-state index in [0.717, 1.165) is 11.1 Å². The molecular formula is C11H15ClN2S. The van der Waals surface area contributed by atoms with E-state index in [1.807, 2.05) is 23.9 Å². The van der Waals surface area contributed by atoms with Crippen LogP contribution in [-0.4, -0.2) is 22.5 Å². The molecule has 1 N–H and O–H groups in total. The molecule has 0 bridgehead atoms. The second kappa shape index (κ2) is 5.08. The molecule has 0 aromatic carbocycles. The zero-order valence-electron chi connectivity index (χ0n) is 8.74. The summed E-state index contributed by atoms with van der Waals surface area (Å²) in [4.78, 5) is 4.24. The number of hydrogen-bond donors (Lipinski definition) is 1. The third-order valence-electron chi connectivity index (χ3n) is 2.80. The first-order valence-corrected chi connectivity index (χ1v) is 6.85. The van der Waals surface area contributed by atoms with Crippen molar-refractivity contribution in [2.45, 2.75) is 30.6 Å². The third kappa shape index (κ3) is 3.02. The quantitative estimate of drug-likeness (QED) is 0.879. The number of anilines is 1. The second-order valence-corrected chi connectivity index (χ2v) is 5.45. The second-order valence-electron chi connectivity index (χ2n) is 3.87. The van der Waals surface area contributed by atoms with Crippen LogP contribution < -0.4 is 5.32 Å². The summed E-state index contributed by atoms with van der Waals surface area (Å²) in [5.74, 6) is 0.936. The Bertz CT molecular complexity index is 315. The minimum Gasteiger partial charge on any atom is -0.367 e. The van der Waals surface area contributed by atoms with Gasteiger partial charge in [0.15, 0.2) is 0 Å². The molecule has 1 aromatic heterocycles. The van der Waals surface area contributed by atoms with Crippen molar-refractivity contribution in [3.63, 3.8) is 0 Å². The minimum absolute atomic E-state index is 0.580. The van der Waals surface area contributed by atoms with Gasteiger partial charge in [-0.2, -0.15) is 11.8 Å². The Kier molecular flexibility index (Phi) is 3.76. The van der Waals surface area contributed by atoms with Crippen molar-refractivity contribution >= 4 is 29.2 Å². The van der Waals surface area contributed by atoms with E-state index in [1.54, 1.807) is 6.20 Å². The lowest BCUT2D eigenvalue weighted by Crippen LogP contribution is -2.16. The van der Waals surface area contributed by atoms with Crippen molar-refractivity contribution in [3.05, 3.63) is 23.4 Å². The summed E-state index contributed by atoms with van der Waals surface area (Å²) in [5, 5.41) is 4.95. The normalized spacial score (nSPS) is 25.5. The van der Waals surface area contributed by atoms with E-state index in [9.17, 15) is 0 Å². The van der Waals surface area contributed by atoms with Crippen LogP contribution in [0.5, 0.6) is 0 Å². The Labute approximate surface area is 99.8 Å². The van der Waals surface area contributed by atoms with Gasteiger partial charge in [0.05, 0.1) is 5.02 Å². The number of aromatic nitrogens is 1. The van der Waals surface area contributed by atoms with Gasteiger partial charge >= 0.3 is 0 Å². The molecule has 1 aromatic rings. The molecule has 15 heavy (non-hydrogen) atoms. The van der Waals surface area contributed by atoms with Gasteiger partial charge in [-0.1, -0.05) is 11.6 Å². The van der Waals surface area contributed by atoms with Crippen LogP contribution in [0.4, 0.5) is 5.82 Å². The lowest BCUT2D eigenvalue weighted by Gasteiger charge is -2.13. The number of rotatable bonds is 3. The van der Waals surface area contributed by atoms with Gasteiger partial charge in [0, 0.05) is 17.5 Å². The summed E-state index contributed by atoms with van der Waals surface area (Å²) >= 11 is 7.75. The number of nitrogens with one attached hydrogen (secondary N) is 1. The van der Waals surface area contributed by atoms with E-state index in [0.29, 0.717) is 11.1 Å². The fourth-order valence-electron chi connectivity index (χ4n) is 1.96. The molecule has 0 spiro atoms. The molecule has 2 atom stereocenters. The SMILES string of the molecule is CSC1CCC(Nc2ccc(Cl)cn2)C1. The first-order chi connectivity index (χ1) is 7.28. The topological polar surface area (TPSA) is 24.9 Å². The highest BCUT2D eigenvalue weighted by Gasteiger charge is 2.23. The molecule has 0 amide bonds. The smallest absolute Gasteiger partial charge is 0.126 e. The average Bonchev–Trinajstić information content (AvgIpc) is 2.69. The maximum atomic E-state index is 5.78. The number of pyridine rings is 1. The first-order valence-electron chi connectivity index (χ1n) is 5.19. The van der Waals surface area contributed by atoms with Crippen LogP contribution in [0.1, 0.15) is 19.3 Å². The summed E-state index contributed by atoms with van der Waals surface area (Å²) in [6.45, 7) is 0. The molecule has 0 radical (unpaired) electrons. The van der Waals surface area contributed by atoms with E-state index >= 15 is 0 Å². The number of nitrogens with zero attached hydrogens (tertiary/aromatic N) is 1. The maximum absolute atomic E-state index is 5.78. The largest absolute Gasteiger partial charge is 0.367 e. The highest BCUT2D eigenvalue weighted by atomic mass is 35.5. The van der Waals surface area contributed by atoms with Crippen molar-refractivity contribution in [2.24, 2.45) is 0 Å². The van der Waals surface area contributed by atoms with E-state index < -0.39 is 0 Å². The summed E-state index contributed by atoms with van der Waals surface area (Å²) in [6, 6.07) is 4.39. The minimum atomic E-state index is 0.580. The van der Waals surface area contributed by atoms with Gasteiger partial charge < -0.3 is 5.32 Å². The summed E-state index contributed by atoms with van der Waals surface area (Å²) < 4.78 is 0. The van der Waals surface area contributed by atoms with Crippen LogP contribution in [0, 0.1) is 0 Å². The fourth-order valence-corrected chi connectivity index (χ4v) is 2.86. The Morgan fingerprint density at radius 1 is 1.47 bits per heavy atom. The van der Waals surface area contributed by atoms with E-state index in [1.165, 1.54) is 19.3 Å². The molecule has 1 heterocycles. The number of thioether (sulfide) groups is 1. The lowest BCUT2D eigenvalue weighted by molar-refractivity contribution is 0.752. The van der Waals surface area contributed by atoms with Crippen molar-refractivity contribution in [1.82, 2.24) is 4.98 Å². The third-order valence-corrected chi connectivity index (χ3v) is 4.12. The average molecular weight is 243 g/mol. The van der Waals surface area contributed by atoms with Gasteiger partial charge in [-0.05, 0) is 37.7 Å². The first kappa shape index (κ1) is 11.1. The van der Waals surface area contributed by atoms with E-state index in [-0.39, 0.29) is 0 Å². The zero-order chi connectivity index (χ0) is 10.7. The molecule has 1 aliphatic carbocycles.